The Labute approximate surface area is 249 Å². The molecule has 1 aliphatic carbocycles. The number of halogens is 3. The number of hydrogen-bond donors (Lipinski definition) is 2. The molecule has 230 valence electrons. The van der Waals surface area contributed by atoms with E-state index in [-0.39, 0.29) is 29.2 Å². The summed E-state index contributed by atoms with van der Waals surface area (Å²) in [4.78, 5) is 47.3. The minimum Gasteiger partial charge on any atom is -0.369 e. The van der Waals surface area contributed by atoms with Gasteiger partial charge in [0.25, 0.3) is 11.5 Å². The van der Waals surface area contributed by atoms with Crippen molar-refractivity contribution in [2.24, 2.45) is 10.9 Å². The van der Waals surface area contributed by atoms with Crippen LogP contribution in [-0.2, 0) is 6.54 Å². The third-order valence-corrected chi connectivity index (χ3v) is 8.53. The Balaban J connectivity index is 1.25. The Morgan fingerprint density at radius 1 is 1.25 bits per heavy atom. The number of piperidine rings is 1. The maximum atomic E-state index is 15.4. The number of benzene rings is 2. The number of carbonyl (C=O) groups excluding carboxylic acids is 1. The molecule has 2 aliphatic heterocycles. The van der Waals surface area contributed by atoms with Crippen molar-refractivity contribution in [1.29, 1.82) is 5.26 Å². The molecule has 1 aromatic heterocycles. The number of urea groups is 1. The van der Waals surface area contributed by atoms with E-state index in [1.807, 2.05) is 6.07 Å². The SMILES string of the molecule is CC(C)n1c(=O)n(CC2CC2(F)F)c(=O)c2cc(NC(=O)N3CCCC(N4C=Nc5cc(C#N)ccc5C4O)C3)c(F)cc21. The summed E-state index contributed by atoms with van der Waals surface area (Å²) >= 11 is 0. The number of anilines is 1. The smallest absolute Gasteiger partial charge is 0.331 e. The molecule has 3 heterocycles. The lowest BCUT2D eigenvalue weighted by atomic mass is 10.0. The molecule has 44 heavy (non-hydrogen) atoms. The van der Waals surface area contributed by atoms with Gasteiger partial charge in [0.1, 0.15) is 5.82 Å². The molecule has 3 aliphatic rings. The number of rotatable bonds is 5. The summed E-state index contributed by atoms with van der Waals surface area (Å²) in [6, 6.07) is 7.54. The molecule has 3 atom stereocenters. The zero-order chi connectivity index (χ0) is 31.5. The highest BCUT2D eigenvalue weighted by molar-refractivity contribution is 5.93. The predicted molar refractivity (Wildman–Crippen MR) is 156 cm³/mol. The number of carbonyl (C=O) groups is 1. The van der Waals surface area contributed by atoms with Gasteiger partial charge in [-0.05, 0) is 44.9 Å². The molecule has 6 rings (SSSR count). The normalized spacial score (nSPS) is 22.2. The average Bonchev–Trinajstić information content (AvgIpc) is 3.61. The number of aliphatic hydroxyl groups is 1. The number of aliphatic imine (C=N–C) groups is 1. The second-order valence-corrected chi connectivity index (χ2v) is 11.8. The van der Waals surface area contributed by atoms with Crippen LogP contribution in [0.3, 0.4) is 0 Å². The van der Waals surface area contributed by atoms with E-state index in [1.54, 1.807) is 36.9 Å². The molecule has 11 nitrogen and oxygen atoms in total. The van der Waals surface area contributed by atoms with Crippen LogP contribution in [0.2, 0.25) is 0 Å². The standard InChI is InChI=1S/C30H30F3N7O4/c1-16(2)40-25-10-22(31)24(9-21(25)27(42)38(29(40)44)13-18-11-30(18,32)33)36-28(43)37-7-3-4-19(14-37)39-15-35-23-8-17(12-34)5-6-20(23)26(39)41/h5-6,8-10,15-16,18-19,26,41H,3-4,7,11,13-14H2,1-2H3,(H,36,43). The highest BCUT2D eigenvalue weighted by Crippen LogP contribution is 2.49. The van der Waals surface area contributed by atoms with Crippen molar-refractivity contribution in [3.63, 3.8) is 0 Å². The van der Waals surface area contributed by atoms with Gasteiger partial charge in [-0.3, -0.25) is 13.9 Å². The molecule has 1 saturated carbocycles. The van der Waals surface area contributed by atoms with Crippen LogP contribution in [0.5, 0.6) is 0 Å². The first-order chi connectivity index (χ1) is 20.9. The maximum absolute atomic E-state index is 15.4. The van der Waals surface area contributed by atoms with Crippen molar-refractivity contribution in [2.45, 2.75) is 63.9 Å². The summed E-state index contributed by atoms with van der Waals surface area (Å²) in [5.74, 6) is -4.95. The third kappa shape index (κ3) is 5.11. The monoisotopic (exact) mass is 609 g/mol. The molecule has 0 bridgehead atoms. The number of amides is 2. The van der Waals surface area contributed by atoms with Gasteiger partial charge in [-0.15, -0.1) is 0 Å². The summed E-state index contributed by atoms with van der Waals surface area (Å²) in [5.41, 5.74) is -0.492. The lowest BCUT2D eigenvalue weighted by molar-refractivity contribution is 0.0103. The van der Waals surface area contributed by atoms with Gasteiger partial charge >= 0.3 is 11.7 Å². The Kier molecular flexibility index (Phi) is 7.23. The van der Waals surface area contributed by atoms with Crippen LogP contribution >= 0.6 is 0 Å². The van der Waals surface area contributed by atoms with Crippen LogP contribution in [0.1, 0.15) is 56.5 Å². The molecule has 2 amide bonds. The summed E-state index contributed by atoms with van der Waals surface area (Å²) in [6.07, 6.45) is 1.26. The van der Waals surface area contributed by atoms with Crippen molar-refractivity contribution in [3.05, 3.63) is 68.1 Å². The fraction of sp³-hybridized carbons (Fsp3) is 0.433. The number of likely N-dealkylation sites (tertiary alicyclic amines) is 1. The van der Waals surface area contributed by atoms with E-state index in [9.17, 15) is 28.3 Å². The Bertz CT molecular complexity index is 1860. The highest BCUT2D eigenvalue weighted by Gasteiger charge is 2.57. The summed E-state index contributed by atoms with van der Waals surface area (Å²) in [5, 5.41) is 22.6. The van der Waals surface area contributed by atoms with Crippen LogP contribution in [-0.4, -0.2) is 61.5 Å². The Morgan fingerprint density at radius 2 is 2.00 bits per heavy atom. The molecule has 3 unspecified atom stereocenters. The first-order valence-electron chi connectivity index (χ1n) is 14.4. The van der Waals surface area contributed by atoms with Crippen molar-refractivity contribution in [3.8, 4) is 6.07 Å². The van der Waals surface area contributed by atoms with Gasteiger partial charge in [-0.25, -0.2) is 27.8 Å². The van der Waals surface area contributed by atoms with Crippen LogP contribution in [0.25, 0.3) is 10.9 Å². The van der Waals surface area contributed by atoms with E-state index in [0.717, 1.165) is 16.7 Å². The summed E-state index contributed by atoms with van der Waals surface area (Å²) in [6.45, 7) is 3.40. The van der Waals surface area contributed by atoms with Gasteiger partial charge in [0.2, 0.25) is 0 Å². The molecule has 2 N–H and O–H groups in total. The number of nitriles is 1. The molecule has 0 spiro atoms. The minimum atomic E-state index is -2.95. The summed E-state index contributed by atoms with van der Waals surface area (Å²) in [7, 11) is 0. The van der Waals surface area contributed by atoms with E-state index in [0.29, 0.717) is 36.2 Å². The van der Waals surface area contributed by atoms with Gasteiger partial charge in [0.15, 0.2) is 6.23 Å². The molecule has 1 saturated heterocycles. The first-order valence-corrected chi connectivity index (χ1v) is 14.4. The van der Waals surface area contributed by atoms with E-state index in [1.165, 1.54) is 15.8 Å². The second kappa shape index (κ2) is 10.8. The Hall–Kier alpha value is -4.64. The lowest BCUT2D eigenvalue weighted by Gasteiger charge is -2.41. The number of hydrogen-bond acceptors (Lipinski definition) is 7. The molecule has 14 heteroatoms. The van der Waals surface area contributed by atoms with Gasteiger partial charge in [-0.2, -0.15) is 5.26 Å². The molecular weight excluding hydrogens is 579 g/mol. The van der Waals surface area contributed by atoms with Crippen LogP contribution < -0.4 is 16.6 Å². The van der Waals surface area contributed by atoms with Crippen molar-refractivity contribution < 1.29 is 23.1 Å². The van der Waals surface area contributed by atoms with E-state index >= 15 is 4.39 Å². The number of aromatic nitrogens is 2. The molecule has 2 aromatic carbocycles. The fourth-order valence-corrected chi connectivity index (χ4v) is 6.01. The van der Waals surface area contributed by atoms with Crippen LogP contribution in [0.4, 0.5) is 29.3 Å². The van der Waals surface area contributed by atoms with Crippen LogP contribution in [0, 0.1) is 23.1 Å². The topological polar surface area (TPSA) is 136 Å². The van der Waals surface area contributed by atoms with E-state index < -0.39 is 60.2 Å². The number of fused-ring (bicyclic) bond motifs is 2. The second-order valence-electron chi connectivity index (χ2n) is 11.8. The molecule has 3 aromatic rings. The fourth-order valence-electron chi connectivity index (χ4n) is 6.01. The number of alkyl halides is 2. The molecule has 2 fully saturated rings. The van der Waals surface area contributed by atoms with E-state index in [4.69, 9.17) is 5.26 Å². The maximum Gasteiger partial charge on any atom is 0.331 e. The predicted octanol–water partition coefficient (Wildman–Crippen LogP) is 4.07. The van der Waals surface area contributed by atoms with E-state index in [2.05, 4.69) is 10.3 Å². The van der Waals surface area contributed by atoms with Crippen molar-refractivity contribution in [1.82, 2.24) is 18.9 Å². The van der Waals surface area contributed by atoms with Gasteiger partial charge in [0.05, 0.1) is 46.3 Å². The first kappa shape index (κ1) is 29.4. The van der Waals surface area contributed by atoms with Crippen molar-refractivity contribution in [2.75, 3.05) is 18.4 Å². The van der Waals surface area contributed by atoms with Gasteiger partial charge in [0, 0.05) is 49.6 Å². The highest BCUT2D eigenvalue weighted by atomic mass is 19.3. The average molecular weight is 610 g/mol. The largest absolute Gasteiger partial charge is 0.369 e. The van der Waals surface area contributed by atoms with Crippen molar-refractivity contribution >= 4 is 34.6 Å². The van der Waals surface area contributed by atoms with Crippen LogP contribution in [0.15, 0.2) is 44.9 Å². The number of nitrogens with one attached hydrogen (secondary N) is 1. The molecule has 0 radical (unpaired) electrons. The lowest BCUT2D eigenvalue weighted by Crippen LogP contribution is -2.51. The van der Waals surface area contributed by atoms with Gasteiger partial charge in [-0.1, -0.05) is 6.07 Å². The third-order valence-electron chi connectivity index (χ3n) is 8.53. The summed E-state index contributed by atoms with van der Waals surface area (Å²) < 4.78 is 44.6. The Morgan fingerprint density at radius 3 is 2.68 bits per heavy atom. The zero-order valence-electron chi connectivity index (χ0n) is 24.0. The number of aliphatic hydroxyl groups excluding tert-OH is 1. The zero-order valence-corrected chi connectivity index (χ0v) is 24.0. The quantitative estimate of drug-likeness (QED) is 0.448. The molecular formula is C30H30F3N7O4. The van der Waals surface area contributed by atoms with Gasteiger partial charge < -0.3 is 20.2 Å². The number of nitrogens with zero attached hydrogens (tertiary/aromatic N) is 6. The minimum absolute atomic E-state index is 0.00267.